The van der Waals surface area contributed by atoms with Crippen molar-refractivity contribution < 1.29 is 23.4 Å². The molecule has 2 aliphatic heterocycles. The van der Waals surface area contributed by atoms with Crippen LogP contribution in [0.1, 0.15) is 24.2 Å². The van der Waals surface area contributed by atoms with Crippen molar-refractivity contribution in [2.75, 3.05) is 19.9 Å². The second-order valence-electron chi connectivity index (χ2n) is 6.81. The first kappa shape index (κ1) is 18.2. The fourth-order valence-electron chi connectivity index (χ4n) is 3.32. The molecule has 146 valence electrons. The Morgan fingerprint density at radius 2 is 1.93 bits per heavy atom. The normalized spacial score (nSPS) is 16.5. The highest BCUT2D eigenvalue weighted by Gasteiger charge is 2.23. The van der Waals surface area contributed by atoms with Crippen LogP contribution < -0.4 is 19.8 Å². The molecule has 0 unspecified atom stereocenters. The minimum atomic E-state index is -0.420. The molecule has 1 amide bonds. The average molecular weight is 383 g/mol. The van der Waals surface area contributed by atoms with Crippen molar-refractivity contribution in [3.05, 3.63) is 58.2 Å². The summed E-state index contributed by atoms with van der Waals surface area (Å²) in [6.45, 7) is 3.15. The van der Waals surface area contributed by atoms with Crippen molar-refractivity contribution in [2.24, 2.45) is 0 Å². The number of rotatable bonds is 4. The van der Waals surface area contributed by atoms with Gasteiger partial charge < -0.3 is 23.5 Å². The van der Waals surface area contributed by atoms with Crippen LogP contribution in [-0.2, 0) is 4.79 Å². The molecule has 2 aliphatic rings. The molecule has 0 saturated carbocycles. The van der Waals surface area contributed by atoms with Gasteiger partial charge >= 0.3 is 5.63 Å². The van der Waals surface area contributed by atoms with E-state index < -0.39 is 5.63 Å². The van der Waals surface area contributed by atoms with Crippen LogP contribution >= 0.6 is 0 Å². The Morgan fingerprint density at radius 1 is 1.14 bits per heavy atom. The molecule has 1 saturated heterocycles. The minimum Gasteiger partial charge on any atom is -0.490 e. The number of aryl methyl sites for hydroxylation is 1. The lowest BCUT2D eigenvalue weighted by Gasteiger charge is -2.31. The third kappa shape index (κ3) is 4.19. The fourth-order valence-corrected chi connectivity index (χ4v) is 3.32. The number of hydrogen-bond donors (Lipinski definition) is 0. The molecular formula is C21H21NO6. The lowest BCUT2D eigenvalue weighted by molar-refractivity contribution is -0.127. The van der Waals surface area contributed by atoms with Crippen molar-refractivity contribution in [2.45, 2.75) is 25.9 Å². The lowest BCUT2D eigenvalue weighted by atomic mass is 10.1. The standard InChI is InChI=1S/C21H21NO6/c1-14-10-17(12-21(24)27-14)28-16-6-8-22(9-7-16)20(23)5-3-15-2-4-18-19(11-15)26-13-25-18/h2-5,10-12,16H,6-9,13H2,1H3/b5-3+. The number of benzene rings is 1. The summed E-state index contributed by atoms with van der Waals surface area (Å²) in [7, 11) is 0. The minimum absolute atomic E-state index is 0.0249. The molecule has 0 aliphatic carbocycles. The topological polar surface area (TPSA) is 78.2 Å². The van der Waals surface area contributed by atoms with E-state index in [-0.39, 0.29) is 18.8 Å². The number of hydrogen-bond acceptors (Lipinski definition) is 6. The molecule has 7 nitrogen and oxygen atoms in total. The number of likely N-dealkylation sites (tertiary alicyclic amines) is 1. The van der Waals surface area contributed by atoms with Gasteiger partial charge in [0.2, 0.25) is 12.7 Å². The largest absolute Gasteiger partial charge is 0.490 e. The van der Waals surface area contributed by atoms with Crippen LogP contribution in [0.15, 0.2) is 45.6 Å². The maximum Gasteiger partial charge on any atom is 0.339 e. The third-order valence-electron chi connectivity index (χ3n) is 4.74. The summed E-state index contributed by atoms with van der Waals surface area (Å²) in [5.74, 6) is 2.41. The maximum atomic E-state index is 12.4. The highest BCUT2D eigenvalue weighted by Crippen LogP contribution is 2.32. The third-order valence-corrected chi connectivity index (χ3v) is 4.74. The second-order valence-corrected chi connectivity index (χ2v) is 6.81. The maximum absolute atomic E-state index is 12.4. The summed E-state index contributed by atoms with van der Waals surface area (Å²) < 4.78 is 21.4. The Hall–Kier alpha value is -3.22. The number of amides is 1. The van der Waals surface area contributed by atoms with E-state index in [1.165, 1.54) is 6.07 Å². The molecular weight excluding hydrogens is 362 g/mol. The predicted octanol–water partition coefficient (Wildman–Crippen LogP) is 2.76. The van der Waals surface area contributed by atoms with Crippen LogP contribution in [0.3, 0.4) is 0 Å². The van der Waals surface area contributed by atoms with Crippen molar-refractivity contribution >= 4 is 12.0 Å². The smallest absolute Gasteiger partial charge is 0.339 e. The number of carbonyl (C=O) groups excluding carboxylic acids is 1. The molecule has 4 rings (SSSR count). The number of fused-ring (bicyclic) bond motifs is 1. The van der Waals surface area contributed by atoms with E-state index >= 15 is 0 Å². The lowest BCUT2D eigenvalue weighted by Crippen LogP contribution is -2.41. The Bertz CT molecular complexity index is 956. The van der Waals surface area contributed by atoms with Crippen molar-refractivity contribution in [3.63, 3.8) is 0 Å². The summed E-state index contributed by atoms with van der Waals surface area (Å²) in [5, 5.41) is 0. The summed E-state index contributed by atoms with van der Waals surface area (Å²) in [6, 6.07) is 8.62. The quantitative estimate of drug-likeness (QED) is 0.756. The molecule has 0 atom stereocenters. The van der Waals surface area contributed by atoms with E-state index in [1.807, 2.05) is 18.2 Å². The first-order chi connectivity index (χ1) is 13.6. The van der Waals surface area contributed by atoms with Crippen LogP contribution in [-0.4, -0.2) is 36.8 Å². The summed E-state index contributed by atoms with van der Waals surface area (Å²) in [6.07, 6.45) is 4.75. The van der Waals surface area contributed by atoms with E-state index in [0.717, 1.165) is 11.3 Å². The van der Waals surface area contributed by atoms with E-state index in [1.54, 1.807) is 30.0 Å². The number of carbonyl (C=O) groups is 1. The zero-order valence-electron chi connectivity index (χ0n) is 15.6. The van der Waals surface area contributed by atoms with Gasteiger partial charge in [-0.2, -0.15) is 0 Å². The van der Waals surface area contributed by atoms with Crippen LogP contribution in [0.4, 0.5) is 0 Å². The molecule has 28 heavy (non-hydrogen) atoms. The number of ether oxygens (including phenoxy) is 3. The molecule has 0 spiro atoms. The molecule has 1 fully saturated rings. The zero-order chi connectivity index (χ0) is 19.5. The van der Waals surface area contributed by atoms with E-state index in [4.69, 9.17) is 18.6 Å². The average Bonchev–Trinajstić information content (AvgIpc) is 3.14. The van der Waals surface area contributed by atoms with Gasteiger partial charge in [0.1, 0.15) is 17.6 Å². The molecule has 1 aromatic heterocycles. The number of piperidine rings is 1. The zero-order valence-corrected chi connectivity index (χ0v) is 15.6. The predicted molar refractivity (Wildman–Crippen MR) is 102 cm³/mol. The van der Waals surface area contributed by atoms with E-state index in [2.05, 4.69) is 0 Å². The molecule has 0 bridgehead atoms. The Morgan fingerprint density at radius 3 is 2.71 bits per heavy atom. The molecule has 1 aromatic carbocycles. The molecule has 3 heterocycles. The van der Waals surface area contributed by atoms with Gasteiger partial charge in [0.25, 0.3) is 0 Å². The monoisotopic (exact) mass is 383 g/mol. The van der Waals surface area contributed by atoms with Crippen molar-refractivity contribution in [1.29, 1.82) is 0 Å². The van der Waals surface area contributed by atoms with Crippen LogP contribution in [0.5, 0.6) is 17.2 Å². The number of nitrogens with zero attached hydrogens (tertiary/aromatic N) is 1. The summed E-state index contributed by atoms with van der Waals surface area (Å²) in [4.78, 5) is 25.7. The first-order valence-electron chi connectivity index (χ1n) is 9.22. The summed E-state index contributed by atoms with van der Waals surface area (Å²) >= 11 is 0. The van der Waals surface area contributed by atoms with Gasteiger partial charge in [0, 0.05) is 38.1 Å². The second kappa shape index (κ2) is 7.80. The summed E-state index contributed by atoms with van der Waals surface area (Å²) in [5.41, 5.74) is 0.463. The van der Waals surface area contributed by atoms with E-state index in [9.17, 15) is 9.59 Å². The SMILES string of the molecule is Cc1cc(OC2CCN(C(=O)/C=C/c3ccc4c(c3)OCO4)CC2)cc(=O)o1. The van der Waals surface area contributed by atoms with Crippen LogP contribution in [0, 0.1) is 6.92 Å². The van der Waals surface area contributed by atoms with Crippen molar-refractivity contribution in [3.8, 4) is 17.2 Å². The Kier molecular flexibility index (Phi) is 5.06. The van der Waals surface area contributed by atoms with Gasteiger partial charge in [-0.25, -0.2) is 4.79 Å². The molecule has 0 N–H and O–H groups in total. The highest BCUT2D eigenvalue weighted by molar-refractivity contribution is 5.92. The first-order valence-corrected chi connectivity index (χ1v) is 9.22. The Balaban J connectivity index is 1.30. The van der Waals surface area contributed by atoms with Crippen LogP contribution in [0.25, 0.3) is 6.08 Å². The van der Waals surface area contributed by atoms with Gasteiger partial charge in [-0.15, -0.1) is 0 Å². The fraction of sp³-hybridized carbons (Fsp3) is 0.333. The van der Waals surface area contributed by atoms with Gasteiger partial charge in [0.15, 0.2) is 11.5 Å². The molecule has 7 heteroatoms. The van der Waals surface area contributed by atoms with Gasteiger partial charge in [-0.1, -0.05) is 6.07 Å². The molecule has 0 radical (unpaired) electrons. The van der Waals surface area contributed by atoms with Crippen molar-refractivity contribution in [1.82, 2.24) is 4.90 Å². The van der Waals surface area contributed by atoms with Crippen LogP contribution in [0.2, 0.25) is 0 Å². The van der Waals surface area contributed by atoms with Gasteiger partial charge in [-0.3, -0.25) is 4.79 Å². The highest BCUT2D eigenvalue weighted by atomic mass is 16.7. The van der Waals surface area contributed by atoms with Gasteiger partial charge in [-0.05, 0) is 30.7 Å². The Labute approximate surface area is 162 Å². The van der Waals surface area contributed by atoms with Gasteiger partial charge in [0.05, 0.1) is 6.07 Å². The molecule has 2 aromatic rings. The van der Waals surface area contributed by atoms with E-state index in [0.29, 0.717) is 43.2 Å².